The van der Waals surface area contributed by atoms with Gasteiger partial charge in [-0.2, -0.15) is 0 Å². The van der Waals surface area contributed by atoms with Crippen molar-refractivity contribution in [3.05, 3.63) is 67.9 Å². The van der Waals surface area contributed by atoms with E-state index in [1.807, 2.05) is 30.3 Å². The maximum Gasteiger partial charge on any atom is 0.0926 e. The van der Waals surface area contributed by atoms with Gasteiger partial charge in [-0.15, -0.1) is 11.3 Å². The summed E-state index contributed by atoms with van der Waals surface area (Å²) in [5.41, 5.74) is 1.01. The number of hydrogen-bond acceptors (Lipinski definition) is 1. The summed E-state index contributed by atoms with van der Waals surface area (Å²) in [6, 6.07) is 16.3. The number of rotatable bonds is 0. The van der Waals surface area contributed by atoms with E-state index in [1.54, 1.807) is 11.3 Å². The van der Waals surface area contributed by atoms with Gasteiger partial charge >= 0.3 is 0 Å². The highest BCUT2D eigenvalue weighted by molar-refractivity contribution is 9.11. The van der Waals surface area contributed by atoms with E-state index in [0.717, 1.165) is 19.4 Å². The molecule has 0 spiro atoms. The van der Waals surface area contributed by atoms with E-state index in [4.69, 9.17) is 0 Å². The van der Waals surface area contributed by atoms with Crippen molar-refractivity contribution in [1.82, 2.24) is 0 Å². The zero-order valence-corrected chi connectivity index (χ0v) is 13.8. The Labute approximate surface area is 132 Å². The number of fused-ring (bicyclic) bond motifs is 1. The summed E-state index contributed by atoms with van der Waals surface area (Å²) in [7, 11) is 0. The Hall–Kier alpha value is -1.08. The molecule has 0 aliphatic heterocycles. The summed E-state index contributed by atoms with van der Waals surface area (Å²) >= 11 is 8.87. The molecule has 19 heavy (non-hydrogen) atoms. The second kappa shape index (κ2) is 5.50. The van der Waals surface area contributed by atoms with Crippen molar-refractivity contribution in [2.45, 2.75) is 0 Å². The normalized spacial score (nSPS) is 10.2. The Balaban J connectivity index is 2.08. The Morgan fingerprint density at radius 1 is 0.842 bits per heavy atom. The lowest BCUT2D eigenvalue weighted by molar-refractivity contribution is 1.59. The number of halogens is 2. The molecule has 0 bridgehead atoms. The number of benzene rings is 2. The lowest BCUT2D eigenvalue weighted by Crippen LogP contribution is -1.75. The third-order valence-corrected chi connectivity index (χ3v) is 5.58. The molecule has 0 nitrogen and oxygen atoms in total. The van der Waals surface area contributed by atoms with Crippen LogP contribution in [0.15, 0.2) is 57.5 Å². The Bertz CT molecular complexity index is 806. The summed E-state index contributed by atoms with van der Waals surface area (Å²) in [4.78, 5) is 1.07. The topological polar surface area (TPSA) is 0 Å². The van der Waals surface area contributed by atoms with Crippen LogP contribution in [0.25, 0.3) is 10.1 Å². The molecule has 0 unspecified atom stereocenters. The second-order valence-electron chi connectivity index (χ2n) is 3.97. The Morgan fingerprint density at radius 3 is 2.37 bits per heavy atom. The molecule has 0 saturated heterocycles. The van der Waals surface area contributed by atoms with Gasteiger partial charge in [0.05, 0.1) is 9.35 Å². The van der Waals surface area contributed by atoms with Gasteiger partial charge in [0.15, 0.2) is 0 Å². The Kier molecular flexibility index (Phi) is 3.74. The third-order valence-electron chi connectivity index (χ3n) is 2.72. The minimum absolute atomic E-state index is 1.01. The van der Waals surface area contributed by atoms with E-state index in [0.29, 0.717) is 0 Å². The molecule has 0 saturated carbocycles. The van der Waals surface area contributed by atoms with Crippen molar-refractivity contribution in [3.8, 4) is 11.8 Å². The molecular formula is C16H8Br2S. The minimum atomic E-state index is 1.01. The van der Waals surface area contributed by atoms with E-state index in [9.17, 15) is 0 Å². The van der Waals surface area contributed by atoms with Crippen molar-refractivity contribution in [2.75, 3.05) is 0 Å². The van der Waals surface area contributed by atoms with E-state index in [2.05, 4.69) is 61.9 Å². The smallest absolute Gasteiger partial charge is 0.0926 e. The maximum absolute atomic E-state index is 3.64. The van der Waals surface area contributed by atoms with Crippen LogP contribution < -0.4 is 0 Å². The summed E-state index contributed by atoms with van der Waals surface area (Å²) in [6.45, 7) is 0. The van der Waals surface area contributed by atoms with E-state index < -0.39 is 0 Å². The highest BCUT2D eigenvalue weighted by atomic mass is 79.9. The molecule has 0 aliphatic rings. The first kappa shape index (κ1) is 12.9. The molecule has 1 aromatic heterocycles. The summed E-state index contributed by atoms with van der Waals surface area (Å²) in [5.74, 6) is 6.47. The fourth-order valence-electron chi connectivity index (χ4n) is 1.78. The van der Waals surface area contributed by atoms with E-state index in [1.165, 1.54) is 10.1 Å². The zero-order chi connectivity index (χ0) is 13.2. The average molecular weight is 392 g/mol. The van der Waals surface area contributed by atoms with Crippen molar-refractivity contribution in [1.29, 1.82) is 0 Å². The fraction of sp³-hybridized carbons (Fsp3) is 0. The summed E-state index contributed by atoms with van der Waals surface area (Å²) < 4.78 is 3.37. The van der Waals surface area contributed by atoms with Crippen LogP contribution in [0.5, 0.6) is 0 Å². The van der Waals surface area contributed by atoms with Crippen LogP contribution in [0.1, 0.15) is 10.4 Å². The molecule has 0 fully saturated rings. The minimum Gasteiger partial charge on any atom is -0.125 e. The first-order chi connectivity index (χ1) is 9.25. The van der Waals surface area contributed by atoms with Gasteiger partial charge in [-0.1, -0.05) is 36.3 Å². The van der Waals surface area contributed by atoms with Gasteiger partial charge in [0, 0.05) is 20.1 Å². The maximum atomic E-state index is 3.64. The molecule has 92 valence electrons. The third kappa shape index (κ3) is 2.62. The number of hydrogen-bond donors (Lipinski definition) is 0. The molecule has 2 aromatic carbocycles. The van der Waals surface area contributed by atoms with Crippen LogP contribution in [-0.2, 0) is 0 Å². The van der Waals surface area contributed by atoms with Crippen LogP contribution in [0.4, 0.5) is 0 Å². The zero-order valence-electron chi connectivity index (χ0n) is 9.78. The molecule has 3 aromatic rings. The first-order valence-corrected chi connectivity index (χ1v) is 8.09. The highest BCUT2D eigenvalue weighted by Crippen LogP contribution is 2.34. The predicted octanol–water partition coefficient (Wildman–Crippen LogP) is 5.83. The molecule has 0 aliphatic carbocycles. The summed E-state index contributed by atoms with van der Waals surface area (Å²) in [5, 5.41) is 1.23. The van der Waals surface area contributed by atoms with Crippen LogP contribution in [0, 0.1) is 11.8 Å². The molecule has 1 heterocycles. The van der Waals surface area contributed by atoms with Crippen LogP contribution in [-0.4, -0.2) is 0 Å². The van der Waals surface area contributed by atoms with Gasteiger partial charge in [-0.05, 0) is 56.0 Å². The van der Waals surface area contributed by atoms with Crippen molar-refractivity contribution < 1.29 is 0 Å². The molecular weight excluding hydrogens is 384 g/mol. The van der Waals surface area contributed by atoms with Crippen LogP contribution in [0.3, 0.4) is 0 Å². The highest BCUT2D eigenvalue weighted by Gasteiger charge is 2.06. The van der Waals surface area contributed by atoms with Crippen molar-refractivity contribution >= 4 is 53.3 Å². The lowest BCUT2D eigenvalue weighted by atomic mass is 10.2. The van der Waals surface area contributed by atoms with Crippen LogP contribution >= 0.6 is 43.2 Å². The quantitative estimate of drug-likeness (QED) is 0.423. The van der Waals surface area contributed by atoms with Crippen molar-refractivity contribution in [2.24, 2.45) is 0 Å². The van der Waals surface area contributed by atoms with Gasteiger partial charge in [0.1, 0.15) is 0 Å². The molecule has 0 radical (unpaired) electrons. The average Bonchev–Trinajstić information content (AvgIpc) is 2.75. The Morgan fingerprint density at radius 2 is 1.58 bits per heavy atom. The largest absolute Gasteiger partial charge is 0.125 e. The lowest BCUT2D eigenvalue weighted by Gasteiger charge is -1.92. The summed E-state index contributed by atoms with van der Waals surface area (Å²) in [6.07, 6.45) is 0. The molecule has 0 N–H and O–H groups in total. The van der Waals surface area contributed by atoms with E-state index >= 15 is 0 Å². The van der Waals surface area contributed by atoms with Crippen molar-refractivity contribution in [3.63, 3.8) is 0 Å². The monoisotopic (exact) mass is 390 g/mol. The molecule has 3 rings (SSSR count). The predicted molar refractivity (Wildman–Crippen MR) is 89.6 cm³/mol. The van der Waals surface area contributed by atoms with Gasteiger partial charge < -0.3 is 0 Å². The fourth-order valence-corrected chi connectivity index (χ4v) is 3.93. The second-order valence-corrected chi connectivity index (χ2v) is 6.67. The molecule has 3 heteroatoms. The van der Waals surface area contributed by atoms with Gasteiger partial charge in [0.25, 0.3) is 0 Å². The van der Waals surface area contributed by atoms with Gasteiger partial charge in [-0.25, -0.2) is 0 Å². The van der Waals surface area contributed by atoms with Crippen LogP contribution in [0.2, 0.25) is 0 Å². The molecule has 0 amide bonds. The van der Waals surface area contributed by atoms with Gasteiger partial charge in [-0.3, -0.25) is 0 Å². The van der Waals surface area contributed by atoms with E-state index in [-0.39, 0.29) is 0 Å². The molecule has 0 atom stereocenters. The standard InChI is InChI=1S/C16H8Br2S/c17-13-7-3-1-5-11(13)9-10-15-16(18)12-6-2-4-8-14(12)19-15/h1-8H. The first-order valence-electron chi connectivity index (χ1n) is 5.69. The van der Waals surface area contributed by atoms with Gasteiger partial charge in [0.2, 0.25) is 0 Å². The number of thiophene rings is 1. The SMILES string of the molecule is Brc1ccccc1C#Cc1sc2ccccc2c1Br.